The van der Waals surface area contributed by atoms with Crippen LogP contribution in [0.4, 0.5) is 0 Å². The lowest BCUT2D eigenvalue weighted by atomic mass is 9.92. The highest BCUT2D eigenvalue weighted by Gasteiger charge is 2.29. The summed E-state index contributed by atoms with van der Waals surface area (Å²) in [4.78, 5) is 0. The third-order valence-corrected chi connectivity index (χ3v) is 3.51. The fourth-order valence-electron chi connectivity index (χ4n) is 2.73. The molecule has 1 aromatic rings. The lowest BCUT2D eigenvalue weighted by Gasteiger charge is -2.14. The van der Waals surface area contributed by atoms with Gasteiger partial charge in [0.15, 0.2) is 11.5 Å². The van der Waals surface area contributed by atoms with Crippen LogP contribution in [0.25, 0.3) is 0 Å². The van der Waals surface area contributed by atoms with Gasteiger partial charge in [0.2, 0.25) is 0 Å². The quantitative estimate of drug-likeness (QED) is 0.805. The number of hydrogen-bond donors (Lipinski definition) is 1. The van der Waals surface area contributed by atoms with Gasteiger partial charge in [0.1, 0.15) is 0 Å². The molecule has 0 aromatic heterocycles. The van der Waals surface area contributed by atoms with Crippen LogP contribution < -0.4 is 4.74 Å². The van der Waals surface area contributed by atoms with Crippen LogP contribution in [0.1, 0.15) is 37.3 Å². The maximum absolute atomic E-state index is 9.69. The molecule has 2 rings (SSSR count). The average Bonchev–Trinajstić information content (AvgIpc) is 2.51. The Morgan fingerprint density at radius 2 is 2.20 bits per heavy atom. The van der Waals surface area contributed by atoms with Gasteiger partial charge in [0, 0.05) is 0 Å². The van der Waals surface area contributed by atoms with Crippen molar-refractivity contribution in [1.82, 2.24) is 0 Å². The SMILES string of the molecule is CCC1c2cc(OC)c(O)cc2CC1C. The van der Waals surface area contributed by atoms with E-state index in [-0.39, 0.29) is 5.75 Å². The van der Waals surface area contributed by atoms with Crippen molar-refractivity contribution in [3.05, 3.63) is 23.3 Å². The molecule has 0 amide bonds. The van der Waals surface area contributed by atoms with Gasteiger partial charge in [-0.3, -0.25) is 0 Å². The molecule has 2 unspecified atom stereocenters. The molecule has 2 atom stereocenters. The number of methoxy groups -OCH3 is 1. The van der Waals surface area contributed by atoms with Crippen LogP contribution in [-0.2, 0) is 6.42 Å². The zero-order chi connectivity index (χ0) is 11.0. The van der Waals surface area contributed by atoms with Crippen LogP contribution in [0.15, 0.2) is 12.1 Å². The van der Waals surface area contributed by atoms with E-state index in [9.17, 15) is 5.11 Å². The molecule has 1 aliphatic rings. The lowest BCUT2D eigenvalue weighted by Crippen LogP contribution is -2.01. The zero-order valence-electron chi connectivity index (χ0n) is 9.58. The van der Waals surface area contributed by atoms with Crippen LogP contribution in [-0.4, -0.2) is 12.2 Å². The van der Waals surface area contributed by atoms with Crippen LogP contribution in [0.5, 0.6) is 11.5 Å². The number of aromatic hydroxyl groups is 1. The van der Waals surface area contributed by atoms with Crippen LogP contribution in [0.2, 0.25) is 0 Å². The molecule has 0 radical (unpaired) electrons. The lowest BCUT2D eigenvalue weighted by molar-refractivity contribution is 0.372. The molecule has 0 aliphatic heterocycles. The van der Waals surface area contributed by atoms with Gasteiger partial charge in [0.25, 0.3) is 0 Å². The Bertz CT molecular complexity index is 371. The van der Waals surface area contributed by atoms with Gasteiger partial charge in [-0.2, -0.15) is 0 Å². The molecule has 1 aliphatic carbocycles. The van der Waals surface area contributed by atoms with E-state index in [2.05, 4.69) is 13.8 Å². The van der Waals surface area contributed by atoms with Gasteiger partial charge in [-0.1, -0.05) is 13.8 Å². The second-order valence-corrected chi connectivity index (χ2v) is 4.42. The van der Waals surface area contributed by atoms with Crippen molar-refractivity contribution in [2.24, 2.45) is 5.92 Å². The smallest absolute Gasteiger partial charge is 0.160 e. The predicted octanol–water partition coefficient (Wildman–Crippen LogP) is 3.09. The first-order valence-electron chi connectivity index (χ1n) is 5.57. The second-order valence-electron chi connectivity index (χ2n) is 4.42. The fraction of sp³-hybridized carbons (Fsp3) is 0.538. The summed E-state index contributed by atoms with van der Waals surface area (Å²) < 4.78 is 5.15. The summed E-state index contributed by atoms with van der Waals surface area (Å²) in [5.41, 5.74) is 2.65. The van der Waals surface area contributed by atoms with Gasteiger partial charge < -0.3 is 9.84 Å². The summed E-state index contributed by atoms with van der Waals surface area (Å²) in [6.07, 6.45) is 2.23. The standard InChI is InChI=1S/C13H18O2/c1-4-10-8(2)5-9-6-12(14)13(15-3)7-11(9)10/h6-8,10,14H,4-5H2,1-3H3. The van der Waals surface area contributed by atoms with Crippen LogP contribution >= 0.6 is 0 Å². The van der Waals surface area contributed by atoms with E-state index in [1.54, 1.807) is 7.11 Å². The number of rotatable bonds is 2. The highest BCUT2D eigenvalue weighted by molar-refractivity contribution is 5.50. The van der Waals surface area contributed by atoms with Gasteiger partial charge in [-0.25, -0.2) is 0 Å². The van der Waals surface area contributed by atoms with E-state index in [1.165, 1.54) is 11.1 Å². The maximum Gasteiger partial charge on any atom is 0.160 e. The summed E-state index contributed by atoms with van der Waals surface area (Å²) in [6.45, 7) is 4.49. The van der Waals surface area contributed by atoms with Crippen molar-refractivity contribution in [3.63, 3.8) is 0 Å². The number of ether oxygens (including phenoxy) is 1. The highest BCUT2D eigenvalue weighted by atomic mass is 16.5. The van der Waals surface area contributed by atoms with E-state index in [0.29, 0.717) is 17.6 Å². The van der Waals surface area contributed by atoms with Crippen molar-refractivity contribution >= 4 is 0 Å². The molecular weight excluding hydrogens is 188 g/mol. The van der Waals surface area contributed by atoms with Gasteiger partial charge in [0.05, 0.1) is 7.11 Å². The third-order valence-electron chi connectivity index (χ3n) is 3.51. The normalized spacial score (nSPS) is 23.9. The molecule has 0 saturated carbocycles. The second kappa shape index (κ2) is 3.76. The van der Waals surface area contributed by atoms with E-state index in [0.717, 1.165) is 12.8 Å². The fourth-order valence-corrected chi connectivity index (χ4v) is 2.73. The first-order valence-corrected chi connectivity index (χ1v) is 5.57. The minimum atomic E-state index is 0.264. The molecule has 1 aromatic carbocycles. The number of fused-ring (bicyclic) bond motifs is 1. The summed E-state index contributed by atoms with van der Waals surface area (Å²) >= 11 is 0. The minimum Gasteiger partial charge on any atom is -0.504 e. The van der Waals surface area contributed by atoms with E-state index in [1.807, 2.05) is 12.1 Å². The Labute approximate surface area is 90.9 Å². The Balaban J connectivity index is 2.47. The summed E-state index contributed by atoms with van der Waals surface area (Å²) in [5.74, 6) is 2.16. The zero-order valence-corrected chi connectivity index (χ0v) is 9.58. The first kappa shape index (κ1) is 10.3. The number of phenols is 1. The van der Waals surface area contributed by atoms with E-state index in [4.69, 9.17) is 4.74 Å². The molecule has 0 fully saturated rings. The molecule has 15 heavy (non-hydrogen) atoms. The minimum absolute atomic E-state index is 0.264. The van der Waals surface area contributed by atoms with Gasteiger partial charge >= 0.3 is 0 Å². The van der Waals surface area contributed by atoms with Gasteiger partial charge in [-0.15, -0.1) is 0 Å². The van der Waals surface area contributed by atoms with Crippen molar-refractivity contribution in [1.29, 1.82) is 0 Å². The van der Waals surface area contributed by atoms with Gasteiger partial charge in [-0.05, 0) is 47.9 Å². The molecular formula is C13H18O2. The molecule has 0 spiro atoms. The largest absolute Gasteiger partial charge is 0.504 e. The Morgan fingerprint density at radius 3 is 2.80 bits per heavy atom. The highest BCUT2D eigenvalue weighted by Crippen LogP contribution is 2.44. The molecule has 0 heterocycles. The molecule has 2 nitrogen and oxygen atoms in total. The molecule has 82 valence electrons. The van der Waals surface area contributed by atoms with Crippen molar-refractivity contribution in [2.75, 3.05) is 7.11 Å². The Kier molecular flexibility index (Phi) is 2.59. The average molecular weight is 206 g/mol. The van der Waals surface area contributed by atoms with E-state index < -0.39 is 0 Å². The number of hydrogen-bond acceptors (Lipinski definition) is 2. The molecule has 0 saturated heterocycles. The predicted molar refractivity (Wildman–Crippen MR) is 60.6 cm³/mol. The maximum atomic E-state index is 9.69. The summed E-state index contributed by atoms with van der Waals surface area (Å²) in [7, 11) is 1.60. The Morgan fingerprint density at radius 1 is 1.47 bits per heavy atom. The number of benzene rings is 1. The monoisotopic (exact) mass is 206 g/mol. The Hall–Kier alpha value is -1.18. The number of phenolic OH excluding ortho intramolecular Hbond substituents is 1. The van der Waals surface area contributed by atoms with E-state index >= 15 is 0 Å². The topological polar surface area (TPSA) is 29.5 Å². The third kappa shape index (κ3) is 1.58. The molecule has 0 bridgehead atoms. The first-order chi connectivity index (χ1) is 7.17. The summed E-state index contributed by atoms with van der Waals surface area (Å²) in [6, 6.07) is 3.86. The van der Waals surface area contributed by atoms with Crippen molar-refractivity contribution in [3.8, 4) is 11.5 Å². The van der Waals surface area contributed by atoms with Crippen molar-refractivity contribution < 1.29 is 9.84 Å². The van der Waals surface area contributed by atoms with Crippen LogP contribution in [0, 0.1) is 5.92 Å². The molecule has 2 heteroatoms. The van der Waals surface area contributed by atoms with Crippen LogP contribution in [0.3, 0.4) is 0 Å². The molecule has 1 N–H and O–H groups in total. The summed E-state index contributed by atoms with van der Waals surface area (Å²) in [5, 5.41) is 9.69. The van der Waals surface area contributed by atoms with Crippen molar-refractivity contribution in [2.45, 2.75) is 32.6 Å².